The van der Waals surface area contributed by atoms with E-state index in [-0.39, 0.29) is 0 Å². The molecule has 178 valence electrons. The molecule has 0 atom stereocenters. The molecule has 0 aliphatic rings. The number of hydrogen-bond donors (Lipinski definition) is 0. The van der Waals surface area contributed by atoms with Gasteiger partial charge in [0.1, 0.15) is 0 Å². The molecule has 0 fully saturated rings. The zero-order chi connectivity index (χ0) is 25.5. The highest BCUT2D eigenvalue weighted by molar-refractivity contribution is 7.14. The smallest absolute Gasteiger partial charge is 0.0870 e. The van der Waals surface area contributed by atoms with Gasteiger partial charge in [-0.15, -0.1) is 11.3 Å². The summed E-state index contributed by atoms with van der Waals surface area (Å²) in [4.78, 5) is 2.08. The van der Waals surface area contributed by atoms with Crippen LogP contribution in [0.5, 0.6) is 0 Å². The first-order valence-corrected chi connectivity index (χ1v) is 13.6. The molecule has 0 spiro atoms. The second kappa shape index (κ2) is 11.6. The maximum absolute atomic E-state index is 3.51. The lowest BCUT2D eigenvalue weighted by Crippen LogP contribution is -1.88. The van der Waals surface area contributed by atoms with Crippen molar-refractivity contribution in [3.8, 4) is 45.9 Å². The zero-order valence-electron chi connectivity index (χ0n) is 21.2. The molecule has 37 heavy (non-hydrogen) atoms. The first kappa shape index (κ1) is 24.4. The van der Waals surface area contributed by atoms with Crippen molar-refractivity contribution in [3.05, 3.63) is 141 Å². The minimum atomic E-state index is 1.01. The Labute approximate surface area is 224 Å². The van der Waals surface area contributed by atoms with Crippen molar-refractivity contribution < 1.29 is 0 Å². The van der Waals surface area contributed by atoms with E-state index in [1.54, 1.807) is 11.3 Å². The number of aryl methyl sites for hydroxylation is 2. The third-order valence-electron chi connectivity index (χ3n) is 6.40. The SMILES string of the molecule is CCc1ccc(-c2c(C#Cc3ccccc3)sc(C#Cc3ccccc3)c2-c2ccc(CC)cc2)cc1. The van der Waals surface area contributed by atoms with E-state index in [0.29, 0.717) is 0 Å². The van der Waals surface area contributed by atoms with Crippen molar-refractivity contribution in [1.29, 1.82) is 0 Å². The van der Waals surface area contributed by atoms with E-state index in [1.807, 2.05) is 36.4 Å². The Bertz CT molecular complexity index is 1470. The van der Waals surface area contributed by atoms with Crippen molar-refractivity contribution >= 4 is 11.3 Å². The Balaban J connectivity index is 1.75. The normalized spacial score (nSPS) is 10.2. The topological polar surface area (TPSA) is 0 Å². The van der Waals surface area contributed by atoms with E-state index in [1.165, 1.54) is 22.3 Å². The van der Waals surface area contributed by atoms with Crippen molar-refractivity contribution in [2.45, 2.75) is 26.7 Å². The Morgan fingerprint density at radius 1 is 0.459 bits per heavy atom. The summed E-state index contributed by atoms with van der Waals surface area (Å²) in [6.07, 6.45) is 2.04. The molecule has 0 unspecified atom stereocenters. The molecule has 5 aromatic rings. The minimum Gasteiger partial charge on any atom is -0.117 e. The lowest BCUT2D eigenvalue weighted by atomic mass is 9.93. The van der Waals surface area contributed by atoms with Crippen molar-refractivity contribution in [2.24, 2.45) is 0 Å². The van der Waals surface area contributed by atoms with Gasteiger partial charge in [0.25, 0.3) is 0 Å². The van der Waals surface area contributed by atoms with Gasteiger partial charge < -0.3 is 0 Å². The highest BCUT2D eigenvalue weighted by atomic mass is 32.1. The van der Waals surface area contributed by atoms with Crippen molar-refractivity contribution in [1.82, 2.24) is 0 Å². The monoisotopic (exact) mass is 492 g/mol. The van der Waals surface area contributed by atoms with Crippen LogP contribution >= 0.6 is 11.3 Å². The van der Waals surface area contributed by atoms with E-state index < -0.39 is 0 Å². The Kier molecular flexibility index (Phi) is 7.66. The van der Waals surface area contributed by atoms with Crippen molar-refractivity contribution in [3.63, 3.8) is 0 Å². The van der Waals surface area contributed by atoms with Gasteiger partial charge in [0.15, 0.2) is 0 Å². The summed E-state index contributed by atoms with van der Waals surface area (Å²) in [5.41, 5.74) is 9.35. The third kappa shape index (κ3) is 5.76. The molecule has 0 amide bonds. The van der Waals surface area contributed by atoms with Crippen LogP contribution in [0.3, 0.4) is 0 Å². The summed E-state index contributed by atoms with van der Waals surface area (Å²) in [7, 11) is 0. The Morgan fingerprint density at radius 2 is 0.838 bits per heavy atom. The molecular formula is C36H28S. The van der Waals surface area contributed by atoms with E-state index in [9.17, 15) is 0 Å². The maximum atomic E-state index is 3.51. The lowest BCUT2D eigenvalue weighted by Gasteiger charge is -2.09. The van der Waals surface area contributed by atoms with Crippen LogP contribution < -0.4 is 0 Å². The van der Waals surface area contributed by atoms with Crippen LogP contribution in [0.2, 0.25) is 0 Å². The number of thiophene rings is 1. The van der Waals surface area contributed by atoms with Gasteiger partial charge in [0.05, 0.1) is 9.75 Å². The number of rotatable bonds is 4. The summed E-state index contributed by atoms with van der Waals surface area (Å²) in [5.74, 6) is 13.8. The second-order valence-electron chi connectivity index (χ2n) is 8.84. The summed E-state index contributed by atoms with van der Waals surface area (Å²) >= 11 is 1.69. The van der Waals surface area contributed by atoms with Crippen molar-refractivity contribution in [2.75, 3.05) is 0 Å². The van der Waals surface area contributed by atoms with Gasteiger partial charge in [-0.3, -0.25) is 0 Å². The molecule has 1 aromatic heterocycles. The molecule has 1 heterocycles. The van der Waals surface area contributed by atoms with Gasteiger partial charge in [-0.1, -0.05) is 111 Å². The quantitative estimate of drug-likeness (QED) is 0.220. The highest BCUT2D eigenvalue weighted by Gasteiger charge is 2.20. The molecule has 0 N–H and O–H groups in total. The zero-order valence-corrected chi connectivity index (χ0v) is 22.0. The maximum Gasteiger partial charge on any atom is 0.0870 e. The fraction of sp³-hybridized carbons (Fsp3) is 0.111. The lowest BCUT2D eigenvalue weighted by molar-refractivity contribution is 1.14. The molecule has 0 aliphatic heterocycles. The Morgan fingerprint density at radius 3 is 1.19 bits per heavy atom. The van der Waals surface area contributed by atoms with E-state index in [0.717, 1.165) is 44.8 Å². The van der Waals surface area contributed by atoms with E-state index >= 15 is 0 Å². The van der Waals surface area contributed by atoms with Gasteiger partial charge in [0.2, 0.25) is 0 Å². The molecule has 1 heteroatoms. The first-order chi connectivity index (χ1) is 18.2. The van der Waals surface area contributed by atoms with Gasteiger partial charge in [-0.25, -0.2) is 0 Å². The molecule has 4 aromatic carbocycles. The van der Waals surface area contributed by atoms with Crippen LogP contribution in [0.15, 0.2) is 109 Å². The van der Waals surface area contributed by atoms with Crippen LogP contribution in [-0.2, 0) is 12.8 Å². The minimum absolute atomic E-state index is 1.01. The predicted octanol–water partition coefficient (Wildman–Crippen LogP) is 9.01. The Hall–Kier alpha value is -4.30. The molecule has 5 rings (SSSR count). The average Bonchev–Trinajstić information content (AvgIpc) is 3.34. The summed E-state index contributed by atoms with van der Waals surface area (Å²) in [5, 5.41) is 0. The van der Waals surface area contributed by atoms with Gasteiger partial charge in [0, 0.05) is 22.3 Å². The standard InChI is InChI=1S/C36H28S/c1-3-27-15-21-31(22-16-27)35-33(25-19-29-11-7-5-8-12-29)37-34(26-20-30-13-9-6-10-14-30)36(35)32-23-17-28(4-2)18-24-32/h5-18,21-24H,3-4H2,1-2H3. The van der Waals surface area contributed by atoms with E-state index in [4.69, 9.17) is 0 Å². The number of benzene rings is 4. The van der Waals surface area contributed by atoms with Crippen LogP contribution in [0.25, 0.3) is 22.3 Å². The summed E-state index contributed by atoms with van der Waals surface area (Å²) in [6, 6.07) is 38.2. The first-order valence-electron chi connectivity index (χ1n) is 12.7. The van der Waals surface area contributed by atoms with Crippen LogP contribution in [0.1, 0.15) is 45.9 Å². The molecule has 0 aliphatic carbocycles. The third-order valence-corrected chi connectivity index (χ3v) is 7.42. The fourth-order valence-corrected chi connectivity index (χ4v) is 5.33. The highest BCUT2D eigenvalue weighted by Crippen LogP contribution is 2.43. The van der Waals surface area contributed by atoms with Gasteiger partial charge >= 0.3 is 0 Å². The molecule has 0 saturated carbocycles. The molecule has 0 radical (unpaired) electrons. The molecule has 0 bridgehead atoms. The summed E-state index contributed by atoms with van der Waals surface area (Å²) in [6.45, 7) is 4.38. The molecular weight excluding hydrogens is 464 g/mol. The second-order valence-corrected chi connectivity index (χ2v) is 9.86. The predicted molar refractivity (Wildman–Crippen MR) is 159 cm³/mol. The van der Waals surface area contributed by atoms with Crippen LogP contribution in [0, 0.1) is 23.7 Å². The van der Waals surface area contributed by atoms with Crippen LogP contribution in [-0.4, -0.2) is 0 Å². The number of hydrogen-bond acceptors (Lipinski definition) is 1. The van der Waals surface area contributed by atoms with Gasteiger partial charge in [-0.2, -0.15) is 0 Å². The largest absolute Gasteiger partial charge is 0.117 e. The van der Waals surface area contributed by atoms with Crippen LogP contribution in [0.4, 0.5) is 0 Å². The summed E-state index contributed by atoms with van der Waals surface area (Å²) < 4.78 is 0. The average molecular weight is 493 g/mol. The molecule has 0 nitrogen and oxygen atoms in total. The van der Waals surface area contributed by atoms with Gasteiger partial charge in [-0.05, 0) is 71.2 Å². The molecule has 0 saturated heterocycles. The fourth-order valence-electron chi connectivity index (χ4n) is 4.27. The van der Waals surface area contributed by atoms with E-state index in [2.05, 4.69) is 110 Å².